The van der Waals surface area contributed by atoms with E-state index in [0.29, 0.717) is 0 Å². The summed E-state index contributed by atoms with van der Waals surface area (Å²) in [7, 11) is 0. The molecule has 0 bridgehead atoms. The molecule has 2 heteroatoms. The normalized spacial score (nSPS) is 12.9. The lowest BCUT2D eigenvalue weighted by atomic mass is 10.0. The fraction of sp³-hybridized carbons (Fsp3) is 0.533. The van der Waals surface area contributed by atoms with E-state index < -0.39 is 0 Å². The highest BCUT2D eigenvalue weighted by Gasteiger charge is 2.08. The number of hydrogen-bond donors (Lipinski definition) is 1. The average molecular weight is 232 g/mol. The first-order valence-electron chi connectivity index (χ1n) is 6.27. The molecule has 1 aromatic rings. The molecular formula is C15H24N2. The molecule has 0 aliphatic carbocycles. The second-order valence-electron chi connectivity index (χ2n) is 5.49. The molecule has 0 saturated carbocycles. The van der Waals surface area contributed by atoms with Crippen LogP contribution in [0.4, 0.5) is 0 Å². The third kappa shape index (κ3) is 5.14. The van der Waals surface area contributed by atoms with Crippen molar-refractivity contribution >= 4 is 6.08 Å². The second kappa shape index (κ2) is 5.97. The first-order chi connectivity index (χ1) is 7.92. The Balaban J connectivity index is 2.77. The molecule has 0 fully saturated rings. The Kier molecular flexibility index (Phi) is 4.88. The zero-order valence-electron chi connectivity index (χ0n) is 11.7. The van der Waals surface area contributed by atoms with Gasteiger partial charge in [-0.25, -0.2) is 0 Å². The molecule has 0 atom stereocenters. The van der Waals surface area contributed by atoms with E-state index in [2.05, 4.69) is 57.1 Å². The molecular weight excluding hydrogens is 208 g/mol. The summed E-state index contributed by atoms with van der Waals surface area (Å²) in [5.74, 6) is 0. The lowest BCUT2D eigenvalue weighted by Gasteiger charge is -2.21. The van der Waals surface area contributed by atoms with Gasteiger partial charge in [0.15, 0.2) is 0 Å². The van der Waals surface area contributed by atoms with Gasteiger partial charge in [-0.15, -0.1) is 0 Å². The van der Waals surface area contributed by atoms with Crippen LogP contribution in [0.25, 0.3) is 6.08 Å². The summed E-state index contributed by atoms with van der Waals surface area (Å²) in [6.45, 7) is 11.8. The molecule has 0 aromatic carbocycles. The molecule has 1 N–H and O–H groups in total. The predicted molar refractivity (Wildman–Crippen MR) is 75.0 cm³/mol. The van der Waals surface area contributed by atoms with Crippen LogP contribution in [0.2, 0.25) is 0 Å². The summed E-state index contributed by atoms with van der Waals surface area (Å²) in [6, 6.07) is 2.05. The molecule has 1 aromatic heterocycles. The number of rotatable bonds is 4. The minimum atomic E-state index is 0.165. The van der Waals surface area contributed by atoms with Crippen molar-refractivity contribution in [3.05, 3.63) is 35.2 Å². The standard InChI is InChI=1S/C15H24N2/c1-6-13(10-17-15(3,4)5)9-14-11-16-8-7-12(14)2/h7-9,11,17H,6,10H2,1-5H3/b13-9-. The number of pyridine rings is 1. The molecule has 2 nitrogen and oxygen atoms in total. The lowest BCUT2D eigenvalue weighted by molar-refractivity contribution is 0.443. The van der Waals surface area contributed by atoms with Gasteiger partial charge in [0, 0.05) is 24.5 Å². The van der Waals surface area contributed by atoms with E-state index in [9.17, 15) is 0 Å². The predicted octanol–water partition coefficient (Wildman–Crippen LogP) is 3.57. The van der Waals surface area contributed by atoms with Crippen LogP contribution in [0, 0.1) is 6.92 Å². The van der Waals surface area contributed by atoms with E-state index in [4.69, 9.17) is 0 Å². The maximum atomic E-state index is 4.18. The molecule has 0 saturated heterocycles. The van der Waals surface area contributed by atoms with Crippen LogP contribution in [0.15, 0.2) is 24.0 Å². The van der Waals surface area contributed by atoms with Crippen molar-refractivity contribution in [1.29, 1.82) is 0 Å². The molecule has 1 rings (SSSR count). The van der Waals surface area contributed by atoms with Gasteiger partial charge in [-0.05, 0) is 51.3 Å². The number of nitrogens with zero attached hydrogens (tertiary/aromatic N) is 1. The van der Waals surface area contributed by atoms with Crippen molar-refractivity contribution in [3.63, 3.8) is 0 Å². The number of aromatic nitrogens is 1. The maximum Gasteiger partial charge on any atom is 0.0342 e. The van der Waals surface area contributed by atoms with Gasteiger partial charge in [-0.2, -0.15) is 0 Å². The molecule has 0 amide bonds. The third-order valence-electron chi connectivity index (χ3n) is 2.74. The summed E-state index contributed by atoms with van der Waals surface area (Å²) in [5.41, 5.74) is 4.08. The van der Waals surface area contributed by atoms with Crippen molar-refractivity contribution in [2.24, 2.45) is 0 Å². The largest absolute Gasteiger partial charge is 0.308 e. The highest BCUT2D eigenvalue weighted by molar-refractivity contribution is 5.55. The minimum Gasteiger partial charge on any atom is -0.308 e. The molecule has 0 aliphatic heterocycles. The maximum absolute atomic E-state index is 4.18. The fourth-order valence-corrected chi connectivity index (χ4v) is 1.50. The van der Waals surface area contributed by atoms with Gasteiger partial charge in [0.2, 0.25) is 0 Å². The zero-order valence-corrected chi connectivity index (χ0v) is 11.7. The van der Waals surface area contributed by atoms with Crippen molar-refractivity contribution in [3.8, 4) is 0 Å². The summed E-state index contributed by atoms with van der Waals surface area (Å²) < 4.78 is 0. The van der Waals surface area contributed by atoms with Crippen molar-refractivity contribution in [2.45, 2.75) is 46.6 Å². The Hall–Kier alpha value is -1.15. The lowest BCUT2D eigenvalue weighted by Crippen LogP contribution is -2.36. The number of hydrogen-bond acceptors (Lipinski definition) is 2. The van der Waals surface area contributed by atoms with E-state index in [0.717, 1.165) is 13.0 Å². The molecule has 0 unspecified atom stereocenters. The van der Waals surface area contributed by atoms with Crippen LogP contribution in [0.5, 0.6) is 0 Å². The van der Waals surface area contributed by atoms with Gasteiger partial charge >= 0.3 is 0 Å². The van der Waals surface area contributed by atoms with Gasteiger partial charge in [0.25, 0.3) is 0 Å². The summed E-state index contributed by atoms with van der Waals surface area (Å²) >= 11 is 0. The Morgan fingerprint density at radius 2 is 2.12 bits per heavy atom. The first kappa shape index (κ1) is 13.9. The van der Waals surface area contributed by atoms with E-state index in [1.54, 1.807) is 0 Å². The van der Waals surface area contributed by atoms with Crippen LogP contribution in [0.1, 0.15) is 45.2 Å². The average Bonchev–Trinajstić information content (AvgIpc) is 2.25. The molecule has 1 heterocycles. The molecule has 0 aliphatic rings. The van der Waals surface area contributed by atoms with Crippen molar-refractivity contribution < 1.29 is 0 Å². The minimum absolute atomic E-state index is 0.165. The van der Waals surface area contributed by atoms with Gasteiger partial charge < -0.3 is 5.32 Å². The molecule has 17 heavy (non-hydrogen) atoms. The number of nitrogens with one attached hydrogen (secondary N) is 1. The van der Waals surface area contributed by atoms with Crippen LogP contribution in [-0.4, -0.2) is 17.1 Å². The highest BCUT2D eigenvalue weighted by Crippen LogP contribution is 2.13. The van der Waals surface area contributed by atoms with E-state index in [1.165, 1.54) is 16.7 Å². The summed E-state index contributed by atoms with van der Waals surface area (Å²) in [6.07, 6.45) is 7.09. The van der Waals surface area contributed by atoms with Gasteiger partial charge in [-0.3, -0.25) is 4.98 Å². The zero-order chi connectivity index (χ0) is 12.9. The van der Waals surface area contributed by atoms with Crippen LogP contribution in [0.3, 0.4) is 0 Å². The molecule has 94 valence electrons. The Bertz CT molecular complexity index is 386. The summed E-state index contributed by atoms with van der Waals surface area (Å²) in [4.78, 5) is 4.18. The van der Waals surface area contributed by atoms with Gasteiger partial charge in [-0.1, -0.05) is 18.6 Å². The number of aryl methyl sites for hydroxylation is 1. The Morgan fingerprint density at radius 1 is 1.41 bits per heavy atom. The quantitative estimate of drug-likeness (QED) is 0.858. The third-order valence-corrected chi connectivity index (χ3v) is 2.74. The van der Waals surface area contributed by atoms with Crippen molar-refractivity contribution in [1.82, 2.24) is 10.3 Å². The second-order valence-corrected chi connectivity index (χ2v) is 5.49. The van der Waals surface area contributed by atoms with E-state index >= 15 is 0 Å². The van der Waals surface area contributed by atoms with Crippen LogP contribution in [-0.2, 0) is 0 Å². The Labute approximate surface area is 105 Å². The topological polar surface area (TPSA) is 24.9 Å². The van der Waals surface area contributed by atoms with Gasteiger partial charge in [0.05, 0.1) is 0 Å². The smallest absolute Gasteiger partial charge is 0.0342 e. The summed E-state index contributed by atoms with van der Waals surface area (Å²) in [5, 5.41) is 3.52. The first-order valence-corrected chi connectivity index (χ1v) is 6.27. The van der Waals surface area contributed by atoms with Crippen LogP contribution >= 0.6 is 0 Å². The highest BCUT2D eigenvalue weighted by atomic mass is 14.9. The van der Waals surface area contributed by atoms with Gasteiger partial charge in [0.1, 0.15) is 0 Å². The van der Waals surface area contributed by atoms with E-state index in [1.807, 2.05) is 12.4 Å². The Morgan fingerprint density at radius 3 is 2.65 bits per heavy atom. The van der Waals surface area contributed by atoms with E-state index in [-0.39, 0.29) is 5.54 Å². The SMILES string of the molecule is CC/C(=C/c1cnccc1C)CNC(C)(C)C. The molecule has 0 radical (unpaired) electrons. The fourth-order valence-electron chi connectivity index (χ4n) is 1.50. The monoisotopic (exact) mass is 232 g/mol. The van der Waals surface area contributed by atoms with Crippen molar-refractivity contribution in [2.75, 3.05) is 6.54 Å². The molecule has 0 spiro atoms. The van der Waals surface area contributed by atoms with Crippen LogP contribution < -0.4 is 5.32 Å².